The van der Waals surface area contributed by atoms with Crippen LogP contribution in [0, 0.1) is 0 Å². The molecule has 7 nitrogen and oxygen atoms in total. The average Bonchev–Trinajstić information content (AvgIpc) is 3.08. The molecular weight excluding hydrogens is 398 g/mol. The van der Waals surface area contributed by atoms with Crippen molar-refractivity contribution in [2.75, 3.05) is 26.0 Å². The van der Waals surface area contributed by atoms with Crippen molar-refractivity contribution in [3.63, 3.8) is 0 Å². The molecule has 9 heteroatoms. The van der Waals surface area contributed by atoms with Crippen LogP contribution in [0.4, 0.5) is 10.9 Å². The monoisotopic (exact) mass is 417 g/mol. The highest BCUT2D eigenvalue weighted by molar-refractivity contribution is 7.13. The Balaban J connectivity index is 1.94. The molecule has 0 unspecified atom stereocenters. The van der Waals surface area contributed by atoms with Crippen LogP contribution in [0.1, 0.15) is 23.0 Å². The zero-order valence-electron chi connectivity index (χ0n) is 15.8. The van der Waals surface area contributed by atoms with Crippen LogP contribution in [0.15, 0.2) is 35.8 Å². The van der Waals surface area contributed by atoms with E-state index < -0.39 is 5.97 Å². The van der Waals surface area contributed by atoms with Crippen molar-refractivity contribution >= 4 is 39.9 Å². The van der Waals surface area contributed by atoms with Gasteiger partial charge in [-0.3, -0.25) is 0 Å². The number of hydrogen-bond donors (Lipinski definition) is 1. The van der Waals surface area contributed by atoms with Crippen LogP contribution in [0.2, 0.25) is 5.02 Å². The third-order valence-electron chi connectivity index (χ3n) is 3.64. The molecule has 0 bridgehead atoms. The number of hydrogen-bond acceptors (Lipinski definition) is 8. The number of rotatable bonds is 7. The van der Waals surface area contributed by atoms with Gasteiger partial charge in [0.2, 0.25) is 0 Å². The molecule has 0 saturated carbocycles. The third kappa shape index (κ3) is 5.03. The second-order valence-corrected chi connectivity index (χ2v) is 7.48. The Bertz CT molecular complexity index is 959. The summed E-state index contributed by atoms with van der Waals surface area (Å²) in [6.07, 6.45) is 1.46. The summed E-state index contributed by atoms with van der Waals surface area (Å²) < 4.78 is 5.13. The van der Waals surface area contributed by atoms with E-state index in [0.717, 1.165) is 17.8 Å². The fourth-order valence-electron chi connectivity index (χ4n) is 2.44. The van der Waals surface area contributed by atoms with E-state index in [1.807, 2.05) is 36.5 Å². The Hall–Kier alpha value is -2.55. The number of thiazole rings is 1. The van der Waals surface area contributed by atoms with Gasteiger partial charge >= 0.3 is 5.97 Å². The Morgan fingerprint density at radius 3 is 2.68 bits per heavy atom. The molecule has 146 valence electrons. The van der Waals surface area contributed by atoms with E-state index in [2.05, 4.69) is 20.3 Å². The number of esters is 1. The van der Waals surface area contributed by atoms with Gasteiger partial charge in [0, 0.05) is 28.7 Å². The number of carbonyl (C=O) groups excluding carboxylic acids is 1. The zero-order valence-corrected chi connectivity index (χ0v) is 17.3. The zero-order chi connectivity index (χ0) is 20.1. The summed E-state index contributed by atoms with van der Waals surface area (Å²) in [6, 6.07) is 7.18. The number of nitrogens with one attached hydrogen (secondary N) is 1. The molecule has 0 saturated heterocycles. The first-order valence-electron chi connectivity index (χ1n) is 8.62. The van der Waals surface area contributed by atoms with Gasteiger partial charge in [0.1, 0.15) is 5.56 Å². The topological polar surface area (TPSA) is 80.2 Å². The molecule has 0 aliphatic rings. The van der Waals surface area contributed by atoms with Gasteiger partial charge in [0.05, 0.1) is 12.3 Å². The highest BCUT2D eigenvalue weighted by Crippen LogP contribution is 2.26. The maximum absolute atomic E-state index is 12.3. The minimum Gasteiger partial charge on any atom is -0.462 e. The van der Waals surface area contributed by atoms with Gasteiger partial charge in [-0.05, 0) is 45.3 Å². The Morgan fingerprint density at radius 2 is 2.00 bits per heavy atom. The van der Waals surface area contributed by atoms with Crippen molar-refractivity contribution in [3.8, 4) is 11.4 Å². The predicted octanol–water partition coefficient (Wildman–Crippen LogP) is 4.24. The van der Waals surface area contributed by atoms with E-state index in [-0.39, 0.29) is 12.2 Å². The van der Waals surface area contributed by atoms with Crippen molar-refractivity contribution in [1.82, 2.24) is 19.9 Å². The highest BCUT2D eigenvalue weighted by atomic mass is 35.5. The van der Waals surface area contributed by atoms with Crippen molar-refractivity contribution in [2.45, 2.75) is 13.5 Å². The number of carbonyl (C=O) groups is 1. The van der Waals surface area contributed by atoms with Gasteiger partial charge in [0.25, 0.3) is 0 Å². The number of anilines is 2. The Morgan fingerprint density at radius 1 is 1.25 bits per heavy atom. The van der Waals surface area contributed by atoms with Crippen molar-refractivity contribution in [3.05, 3.63) is 52.1 Å². The van der Waals surface area contributed by atoms with E-state index in [4.69, 9.17) is 16.3 Å². The van der Waals surface area contributed by atoms with Crippen molar-refractivity contribution in [2.24, 2.45) is 0 Å². The van der Waals surface area contributed by atoms with Crippen LogP contribution in [-0.4, -0.2) is 46.5 Å². The summed E-state index contributed by atoms with van der Waals surface area (Å²) in [5.74, 6) is 0.333. The summed E-state index contributed by atoms with van der Waals surface area (Å²) in [4.78, 5) is 27.7. The maximum Gasteiger partial charge on any atom is 0.343 e. The summed E-state index contributed by atoms with van der Waals surface area (Å²) in [6.45, 7) is 2.74. The van der Waals surface area contributed by atoms with Crippen LogP contribution in [0.3, 0.4) is 0 Å². The lowest BCUT2D eigenvalue weighted by molar-refractivity contribution is 0.0526. The van der Waals surface area contributed by atoms with E-state index in [1.54, 1.807) is 19.1 Å². The van der Waals surface area contributed by atoms with E-state index in [9.17, 15) is 4.79 Å². The maximum atomic E-state index is 12.3. The van der Waals surface area contributed by atoms with Crippen molar-refractivity contribution < 1.29 is 9.53 Å². The standard InChI is InChI=1S/C19H20ClN5O2S/c1-4-27-18(26)15-9-21-16(12-5-7-13(20)8-6-12)23-17(15)24-19-22-14(11-28-19)10-25(2)3/h5-9,11H,4,10H2,1-3H3,(H,21,22,23,24). The first kappa shape index (κ1) is 20.2. The number of halogens is 1. The molecule has 2 heterocycles. The molecule has 3 aromatic rings. The summed E-state index contributed by atoms with van der Waals surface area (Å²) >= 11 is 7.40. The van der Waals surface area contributed by atoms with Gasteiger partial charge in [-0.2, -0.15) is 0 Å². The fourth-order valence-corrected chi connectivity index (χ4v) is 3.26. The molecule has 1 aromatic carbocycles. The smallest absolute Gasteiger partial charge is 0.343 e. The lowest BCUT2D eigenvalue weighted by Crippen LogP contribution is -2.12. The minimum absolute atomic E-state index is 0.254. The van der Waals surface area contributed by atoms with Gasteiger partial charge in [-0.1, -0.05) is 11.6 Å². The SMILES string of the molecule is CCOC(=O)c1cnc(-c2ccc(Cl)cc2)nc1Nc1nc(CN(C)C)cs1. The second kappa shape index (κ2) is 9.09. The number of aromatic nitrogens is 3. The van der Waals surface area contributed by atoms with Crippen LogP contribution in [0.25, 0.3) is 11.4 Å². The van der Waals surface area contributed by atoms with Crippen LogP contribution in [-0.2, 0) is 11.3 Å². The van der Waals surface area contributed by atoms with E-state index >= 15 is 0 Å². The summed E-state index contributed by atoms with van der Waals surface area (Å²) in [5.41, 5.74) is 1.97. The average molecular weight is 418 g/mol. The van der Waals surface area contributed by atoms with Gasteiger partial charge in [-0.15, -0.1) is 11.3 Å². The largest absolute Gasteiger partial charge is 0.462 e. The van der Waals surface area contributed by atoms with Gasteiger partial charge in [0.15, 0.2) is 16.8 Å². The molecule has 1 N–H and O–H groups in total. The molecule has 2 aromatic heterocycles. The quantitative estimate of drug-likeness (QED) is 0.576. The molecule has 3 rings (SSSR count). The molecular formula is C19H20ClN5O2S. The molecule has 0 radical (unpaired) electrons. The molecule has 0 spiro atoms. The minimum atomic E-state index is -0.488. The number of ether oxygens (including phenoxy) is 1. The first-order chi connectivity index (χ1) is 13.5. The predicted molar refractivity (Wildman–Crippen MR) is 111 cm³/mol. The van der Waals surface area contributed by atoms with Gasteiger partial charge < -0.3 is 15.0 Å². The van der Waals surface area contributed by atoms with Crippen LogP contribution >= 0.6 is 22.9 Å². The van der Waals surface area contributed by atoms with Gasteiger partial charge in [-0.25, -0.2) is 19.7 Å². The fraction of sp³-hybridized carbons (Fsp3) is 0.263. The molecule has 0 aliphatic heterocycles. The van der Waals surface area contributed by atoms with Crippen molar-refractivity contribution in [1.29, 1.82) is 0 Å². The molecule has 0 amide bonds. The third-order valence-corrected chi connectivity index (χ3v) is 4.70. The molecule has 0 fully saturated rings. The van der Waals surface area contributed by atoms with Crippen LogP contribution in [0.5, 0.6) is 0 Å². The van der Waals surface area contributed by atoms with E-state index in [0.29, 0.717) is 21.8 Å². The lowest BCUT2D eigenvalue weighted by Gasteiger charge is -2.10. The lowest BCUT2D eigenvalue weighted by atomic mass is 10.2. The normalized spacial score (nSPS) is 10.9. The Labute approximate surface area is 172 Å². The summed E-state index contributed by atoms with van der Waals surface area (Å²) in [5, 5.41) is 6.37. The Kier molecular flexibility index (Phi) is 6.56. The second-order valence-electron chi connectivity index (χ2n) is 6.19. The first-order valence-corrected chi connectivity index (χ1v) is 9.88. The number of benzene rings is 1. The summed E-state index contributed by atoms with van der Waals surface area (Å²) in [7, 11) is 3.96. The number of nitrogens with zero attached hydrogens (tertiary/aromatic N) is 4. The molecule has 28 heavy (non-hydrogen) atoms. The molecule has 0 aliphatic carbocycles. The highest BCUT2D eigenvalue weighted by Gasteiger charge is 2.18. The van der Waals surface area contributed by atoms with Crippen LogP contribution < -0.4 is 5.32 Å². The molecule has 0 atom stereocenters. The van der Waals surface area contributed by atoms with E-state index in [1.165, 1.54) is 17.5 Å².